The van der Waals surface area contributed by atoms with Crippen LogP contribution in [0.2, 0.25) is 0 Å². The summed E-state index contributed by atoms with van der Waals surface area (Å²) in [5.41, 5.74) is 12.5. The van der Waals surface area contributed by atoms with Crippen LogP contribution in [0.4, 0.5) is 0 Å². The zero-order valence-corrected chi connectivity index (χ0v) is 31.9. The van der Waals surface area contributed by atoms with Gasteiger partial charge in [0.2, 0.25) is 41.4 Å². The number of aromatic amines is 1. The summed E-state index contributed by atoms with van der Waals surface area (Å²) in [7, 11) is 0. The molecule has 8 atom stereocenters. The molecule has 0 spiro atoms. The van der Waals surface area contributed by atoms with Crippen molar-refractivity contribution in [2.45, 2.75) is 116 Å². The molecular formula is C37H57N9O8. The number of H-pyrrole nitrogens is 1. The number of carbonyl (C=O) groups is 7. The summed E-state index contributed by atoms with van der Waals surface area (Å²) in [5.74, 6) is -7.23. The van der Waals surface area contributed by atoms with E-state index in [0.29, 0.717) is 12.0 Å². The predicted molar refractivity (Wildman–Crippen MR) is 201 cm³/mol. The molecule has 54 heavy (non-hydrogen) atoms. The number of primary amides is 1. The maximum atomic E-state index is 14.1. The zero-order chi connectivity index (χ0) is 40.3. The van der Waals surface area contributed by atoms with Gasteiger partial charge in [-0.25, -0.2) is 0 Å². The molecule has 0 bridgehead atoms. The molecule has 298 valence electrons. The van der Waals surface area contributed by atoms with E-state index in [9.17, 15) is 38.7 Å². The van der Waals surface area contributed by atoms with Crippen LogP contribution in [0.15, 0.2) is 30.5 Å². The lowest BCUT2D eigenvalue weighted by Crippen LogP contribution is -2.65. The highest BCUT2D eigenvalue weighted by molar-refractivity contribution is 6.00. The second-order valence-corrected chi connectivity index (χ2v) is 14.7. The van der Waals surface area contributed by atoms with Gasteiger partial charge in [-0.1, -0.05) is 66.2 Å². The van der Waals surface area contributed by atoms with Crippen LogP contribution in [0.5, 0.6) is 0 Å². The molecule has 17 heteroatoms. The minimum absolute atomic E-state index is 0.00946. The first-order valence-corrected chi connectivity index (χ1v) is 18.5. The number of fused-ring (bicyclic) bond motifs is 1. The molecule has 12 N–H and O–H groups in total. The van der Waals surface area contributed by atoms with Gasteiger partial charge in [-0.05, 0) is 55.2 Å². The van der Waals surface area contributed by atoms with Crippen molar-refractivity contribution in [2.24, 2.45) is 29.2 Å². The molecule has 0 aliphatic carbocycles. The molecule has 7 amide bonds. The predicted octanol–water partition coefficient (Wildman–Crippen LogP) is -1.03. The number of rotatable bonds is 12. The van der Waals surface area contributed by atoms with Gasteiger partial charge in [0.05, 0.1) is 0 Å². The van der Waals surface area contributed by atoms with Crippen LogP contribution in [0.1, 0.15) is 72.8 Å². The number of para-hydroxylation sites is 1. The average Bonchev–Trinajstić information content (AvgIpc) is 3.53. The highest BCUT2D eigenvalue weighted by Crippen LogP contribution is 2.20. The van der Waals surface area contributed by atoms with Gasteiger partial charge in [-0.2, -0.15) is 0 Å². The van der Waals surface area contributed by atoms with Gasteiger partial charge in [-0.3, -0.25) is 33.6 Å². The van der Waals surface area contributed by atoms with Gasteiger partial charge in [0.1, 0.15) is 36.3 Å². The lowest BCUT2D eigenvalue weighted by atomic mass is 9.95. The van der Waals surface area contributed by atoms with Crippen molar-refractivity contribution >= 4 is 52.3 Å². The van der Waals surface area contributed by atoms with Gasteiger partial charge in [0, 0.05) is 23.5 Å². The Kier molecular flexibility index (Phi) is 16.0. The normalized spacial score (nSPS) is 25.1. The number of nitrogens with one attached hydrogen (secondary N) is 7. The van der Waals surface area contributed by atoms with E-state index in [4.69, 9.17) is 11.5 Å². The Labute approximate surface area is 315 Å². The van der Waals surface area contributed by atoms with Gasteiger partial charge in [0.25, 0.3) is 0 Å². The van der Waals surface area contributed by atoms with E-state index in [1.165, 1.54) is 0 Å². The molecule has 2 unspecified atom stereocenters. The fourth-order valence-electron chi connectivity index (χ4n) is 6.26. The summed E-state index contributed by atoms with van der Waals surface area (Å²) in [6.07, 6.45) is 0.188. The molecule has 3 rings (SSSR count). The molecule has 2 heterocycles. The third-order valence-electron chi connectivity index (χ3n) is 9.63. The molecule has 1 aromatic heterocycles. The third-order valence-corrected chi connectivity index (χ3v) is 9.63. The number of amides is 7. The molecule has 1 aliphatic rings. The van der Waals surface area contributed by atoms with Gasteiger partial charge in [0.15, 0.2) is 6.10 Å². The fraction of sp³-hybridized carbons (Fsp3) is 0.595. The summed E-state index contributed by atoms with van der Waals surface area (Å²) in [6.45, 7) is 10.8. The second kappa shape index (κ2) is 19.9. The number of hydrogen-bond donors (Lipinski definition) is 10. The Hall–Kier alpha value is -5.03. The van der Waals surface area contributed by atoms with Gasteiger partial charge < -0.3 is 53.5 Å². The standard InChI is InChI=1S/C37H57N9O8/c1-7-20(6)28-36(53)41-24(13-10-14-38)32(49)46-29(30(47)31(39)48)37(54)43-26(16-21-17-40-23-12-9-8-11-22(21)23)34(51)44-27(19(4)5)35(52)42-25(15-18(2)3)33(50)45-28/h8-9,11-12,17-20,24-30,40,47H,7,10,13-16,38H2,1-6H3,(H2,39,48)(H,41,53)(H,42,52)(H,43,54)(H,44,51)(H,45,50)(H,46,49)/t20-,24-,25+,26-,27+,28-,29?,30?/m0/s1. The van der Waals surface area contributed by atoms with Crippen molar-refractivity contribution < 1.29 is 38.7 Å². The highest BCUT2D eigenvalue weighted by atomic mass is 16.3. The number of nitrogens with two attached hydrogens (primary N) is 2. The van der Waals surface area contributed by atoms with E-state index in [1.54, 1.807) is 33.0 Å². The Bertz CT molecular complexity index is 1660. The molecule has 2 aromatic rings. The maximum absolute atomic E-state index is 14.1. The second-order valence-electron chi connectivity index (χ2n) is 14.7. The Morgan fingerprint density at radius 2 is 1.28 bits per heavy atom. The van der Waals surface area contributed by atoms with E-state index in [1.807, 2.05) is 39.0 Å². The summed E-state index contributed by atoms with van der Waals surface area (Å²) >= 11 is 0. The highest BCUT2D eigenvalue weighted by Gasteiger charge is 2.39. The van der Waals surface area contributed by atoms with Crippen LogP contribution in [0, 0.1) is 17.8 Å². The molecule has 1 aromatic carbocycles. The smallest absolute Gasteiger partial charge is 0.248 e. The van der Waals surface area contributed by atoms with Crippen LogP contribution in [0.25, 0.3) is 10.9 Å². The first kappa shape index (κ1) is 43.4. The molecular weight excluding hydrogens is 698 g/mol. The average molecular weight is 756 g/mol. The van der Waals surface area contributed by atoms with Crippen molar-refractivity contribution in [2.75, 3.05) is 6.54 Å². The minimum Gasteiger partial charge on any atom is -0.381 e. The lowest BCUT2D eigenvalue weighted by Gasteiger charge is -2.32. The maximum Gasteiger partial charge on any atom is 0.248 e. The topological polar surface area (TPSA) is 280 Å². The van der Waals surface area contributed by atoms with Crippen molar-refractivity contribution in [3.8, 4) is 0 Å². The van der Waals surface area contributed by atoms with Crippen LogP contribution in [-0.4, -0.2) is 100 Å². The first-order chi connectivity index (χ1) is 25.5. The fourth-order valence-corrected chi connectivity index (χ4v) is 6.26. The SMILES string of the molecule is CC[C@H](C)[C@@H]1NC(=O)[C@@H](CC(C)C)NC(=O)[C@@H](C(C)C)NC(=O)[C@H](Cc2c[nH]c3ccccc23)NC(=O)C(C(O)C(N)=O)NC(=O)[C@H](CCCN)NC1=O. The summed E-state index contributed by atoms with van der Waals surface area (Å²) in [5, 5.41) is 27.3. The molecule has 1 fully saturated rings. The van der Waals surface area contributed by atoms with Crippen molar-refractivity contribution in [3.05, 3.63) is 36.0 Å². The van der Waals surface area contributed by atoms with Crippen molar-refractivity contribution in [1.82, 2.24) is 36.9 Å². The van der Waals surface area contributed by atoms with Crippen LogP contribution < -0.4 is 43.4 Å². The Morgan fingerprint density at radius 1 is 0.741 bits per heavy atom. The monoisotopic (exact) mass is 755 g/mol. The van der Waals surface area contributed by atoms with E-state index in [-0.39, 0.29) is 38.1 Å². The van der Waals surface area contributed by atoms with Crippen LogP contribution in [-0.2, 0) is 40.0 Å². The summed E-state index contributed by atoms with van der Waals surface area (Å²) < 4.78 is 0. The van der Waals surface area contributed by atoms with Crippen LogP contribution >= 0.6 is 0 Å². The molecule has 1 aliphatic heterocycles. The van der Waals surface area contributed by atoms with Crippen LogP contribution in [0.3, 0.4) is 0 Å². The molecule has 1 saturated heterocycles. The van der Waals surface area contributed by atoms with E-state index in [2.05, 4.69) is 36.9 Å². The molecule has 17 nitrogen and oxygen atoms in total. The summed E-state index contributed by atoms with van der Waals surface area (Å²) in [4.78, 5) is 98.9. The molecule has 0 saturated carbocycles. The quantitative estimate of drug-likeness (QED) is 0.127. The Morgan fingerprint density at radius 3 is 1.89 bits per heavy atom. The van der Waals surface area contributed by atoms with E-state index in [0.717, 1.165) is 10.9 Å². The molecule has 0 radical (unpaired) electrons. The Balaban J connectivity index is 2.17. The van der Waals surface area contributed by atoms with E-state index < -0.39 is 95.5 Å². The largest absolute Gasteiger partial charge is 0.381 e. The number of benzene rings is 1. The number of aliphatic hydroxyl groups excluding tert-OH is 1. The number of aromatic nitrogens is 1. The summed E-state index contributed by atoms with van der Waals surface area (Å²) in [6, 6.07) is -0.934. The van der Waals surface area contributed by atoms with E-state index >= 15 is 0 Å². The van der Waals surface area contributed by atoms with Crippen molar-refractivity contribution in [3.63, 3.8) is 0 Å². The number of aliphatic hydroxyl groups is 1. The number of carbonyl (C=O) groups excluding carboxylic acids is 7. The van der Waals surface area contributed by atoms with Gasteiger partial charge >= 0.3 is 0 Å². The first-order valence-electron chi connectivity index (χ1n) is 18.5. The third kappa shape index (κ3) is 11.5. The minimum atomic E-state index is -2.25. The lowest BCUT2D eigenvalue weighted by molar-refractivity contribution is -0.141. The number of hydrogen-bond acceptors (Lipinski definition) is 9. The zero-order valence-electron chi connectivity index (χ0n) is 31.9. The van der Waals surface area contributed by atoms with Gasteiger partial charge in [-0.15, -0.1) is 0 Å². The van der Waals surface area contributed by atoms with Crippen molar-refractivity contribution in [1.29, 1.82) is 0 Å².